The number of benzene rings is 1. The first-order valence-electron chi connectivity index (χ1n) is 11.4. The molecule has 1 saturated carbocycles. The SMILES string of the molecule is COc1nccnc1C1CCN(c2nc(C3(F)CC3)nc3ccc(CC(C)(N)O)cc23)CC1. The molecule has 2 fully saturated rings. The third-order valence-electron chi connectivity index (χ3n) is 6.46. The molecular weight excluding hydrogens is 423 g/mol. The highest BCUT2D eigenvalue weighted by atomic mass is 19.1. The van der Waals surface area contributed by atoms with Gasteiger partial charge in [0.05, 0.1) is 12.6 Å². The Labute approximate surface area is 192 Å². The molecule has 8 nitrogen and oxygen atoms in total. The van der Waals surface area contributed by atoms with Crippen LogP contribution in [0.15, 0.2) is 30.6 Å². The van der Waals surface area contributed by atoms with Gasteiger partial charge in [-0.05, 0) is 50.3 Å². The number of methoxy groups -OCH3 is 1. The number of halogens is 1. The summed E-state index contributed by atoms with van der Waals surface area (Å²) in [4.78, 5) is 20.3. The molecule has 2 aromatic heterocycles. The summed E-state index contributed by atoms with van der Waals surface area (Å²) in [5.74, 6) is 1.80. The van der Waals surface area contributed by atoms with E-state index in [1.54, 1.807) is 26.4 Å². The van der Waals surface area contributed by atoms with E-state index in [0.29, 0.717) is 30.7 Å². The number of rotatable bonds is 6. The second-order valence-electron chi connectivity index (χ2n) is 9.43. The topological polar surface area (TPSA) is 110 Å². The van der Waals surface area contributed by atoms with E-state index in [4.69, 9.17) is 15.5 Å². The molecular formula is C24H29FN6O2. The number of hydrogen-bond donors (Lipinski definition) is 2. The fourth-order valence-electron chi connectivity index (χ4n) is 4.60. The van der Waals surface area contributed by atoms with E-state index in [2.05, 4.69) is 19.9 Å². The van der Waals surface area contributed by atoms with Crippen molar-refractivity contribution in [1.82, 2.24) is 19.9 Å². The first kappa shape index (κ1) is 21.9. The van der Waals surface area contributed by atoms with Crippen LogP contribution in [0.5, 0.6) is 5.88 Å². The van der Waals surface area contributed by atoms with Crippen LogP contribution in [0.25, 0.3) is 10.9 Å². The lowest BCUT2D eigenvalue weighted by atomic mass is 9.93. The van der Waals surface area contributed by atoms with Gasteiger partial charge in [-0.25, -0.2) is 19.3 Å². The van der Waals surface area contributed by atoms with Crippen molar-refractivity contribution in [1.29, 1.82) is 0 Å². The largest absolute Gasteiger partial charge is 0.480 e. The summed E-state index contributed by atoms with van der Waals surface area (Å²) >= 11 is 0. The Bertz CT molecular complexity index is 1170. The van der Waals surface area contributed by atoms with E-state index >= 15 is 0 Å². The van der Waals surface area contributed by atoms with Crippen molar-refractivity contribution >= 4 is 16.7 Å². The molecule has 1 atom stereocenters. The monoisotopic (exact) mass is 452 g/mol. The molecule has 1 aliphatic heterocycles. The van der Waals surface area contributed by atoms with Crippen LogP contribution in [-0.4, -0.2) is 51.0 Å². The Kier molecular flexibility index (Phi) is 5.41. The van der Waals surface area contributed by atoms with Gasteiger partial charge in [0.15, 0.2) is 11.5 Å². The minimum absolute atomic E-state index is 0.233. The second kappa shape index (κ2) is 8.14. The lowest BCUT2D eigenvalue weighted by Crippen LogP contribution is -2.38. The van der Waals surface area contributed by atoms with Crippen LogP contribution >= 0.6 is 0 Å². The normalized spacial score (nSPS) is 20.0. The summed E-state index contributed by atoms with van der Waals surface area (Å²) in [7, 11) is 1.61. The van der Waals surface area contributed by atoms with Gasteiger partial charge in [-0.1, -0.05) is 6.07 Å². The highest BCUT2D eigenvalue weighted by Gasteiger charge is 2.48. The summed E-state index contributed by atoms with van der Waals surface area (Å²) in [6.45, 7) is 3.06. The lowest BCUT2D eigenvalue weighted by Gasteiger charge is -2.33. The van der Waals surface area contributed by atoms with Gasteiger partial charge in [0.25, 0.3) is 0 Å². The standard InChI is InChI=1S/C24H29FN6O2/c1-23(26,32)14-15-3-4-18-17(13-15)20(30-22(29-18)24(25)7-8-24)31-11-5-16(6-12-31)19-21(33-2)28-10-9-27-19/h3-4,9-10,13,16,32H,5-8,11-12,14,26H2,1-2H3. The average molecular weight is 453 g/mol. The summed E-state index contributed by atoms with van der Waals surface area (Å²) < 4.78 is 20.4. The summed E-state index contributed by atoms with van der Waals surface area (Å²) in [6, 6.07) is 5.72. The van der Waals surface area contributed by atoms with Gasteiger partial charge < -0.3 is 20.5 Å². The number of nitrogens with zero attached hydrogens (tertiary/aromatic N) is 5. The van der Waals surface area contributed by atoms with Gasteiger partial charge in [0.1, 0.15) is 17.2 Å². The third-order valence-corrected chi connectivity index (χ3v) is 6.46. The molecule has 0 spiro atoms. The summed E-state index contributed by atoms with van der Waals surface area (Å²) in [5, 5.41) is 10.9. The zero-order valence-corrected chi connectivity index (χ0v) is 19.0. The van der Waals surface area contributed by atoms with Crippen molar-refractivity contribution in [3.05, 3.63) is 47.7 Å². The number of alkyl halides is 1. The molecule has 2 aliphatic rings. The number of nitrogens with two attached hydrogens (primary N) is 1. The fourth-order valence-corrected chi connectivity index (χ4v) is 4.60. The van der Waals surface area contributed by atoms with Gasteiger partial charge in [0.2, 0.25) is 5.88 Å². The van der Waals surface area contributed by atoms with Crippen molar-refractivity contribution in [2.75, 3.05) is 25.1 Å². The van der Waals surface area contributed by atoms with Crippen molar-refractivity contribution < 1.29 is 14.2 Å². The molecule has 174 valence electrons. The van der Waals surface area contributed by atoms with E-state index in [-0.39, 0.29) is 11.7 Å². The van der Waals surface area contributed by atoms with Crippen LogP contribution in [0.4, 0.5) is 10.2 Å². The zero-order chi connectivity index (χ0) is 23.2. The maximum Gasteiger partial charge on any atom is 0.235 e. The smallest absolute Gasteiger partial charge is 0.235 e. The molecule has 0 amide bonds. The van der Waals surface area contributed by atoms with E-state index in [1.807, 2.05) is 18.2 Å². The quantitative estimate of drug-likeness (QED) is 0.549. The van der Waals surface area contributed by atoms with E-state index in [1.165, 1.54) is 0 Å². The second-order valence-corrected chi connectivity index (χ2v) is 9.43. The zero-order valence-electron chi connectivity index (χ0n) is 19.0. The van der Waals surface area contributed by atoms with Crippen LogP contribution in [0.3, 0.4) is 0 Å². The summed E-state index contributed by atoms with van der Waals surface area (Å²) in [5.41, 5.74) is 5.54. The third kappa shape index (κ3) is 4.47. The molecule has 3 N–H and O–H groups in total. The minimum Gasteiger partial charge on any atom is -0.480 e. The predicted molar refractivity (Wildman–Crippen MR) is 123 cm³/mol. The molecule has 9 heteroatoms. The van der Waals surface area contributed by atoms with Crippen LogP contribution < -0.4 is 15.4 Å². The van der Waals surface area contributed by atoms with Crippen molar-refractivity contribution in [3.8, 4) is 5.88 Å². The van der Waals surface area contributed by atoms with Crippen LogP contribution in [0.2, 0.25) is 0 Å². The van der Waals surface area contributed by atoms with E-state index in [0.717, 1.165) is 48.4 Å². The number of aliphatic hydroxyl groups is 1. The molecule has 1 aromatic carbocycles. The Morgan fingerprint density at radius 1 is 1.21 bits per heavy atom. The average Bonchev–Trinajstić information content (AvgIpc) is 3.56. The Hall–Kier alpha value is -2.91. The molecule has 0 radical (unpaired) electrons. The maximum atomic E-state index is 15.0. The van der Waals surface area contributed by atoms with Crippen LogP contribution in [-0.2, 0) is 12.1 Å². The molecule has 33 heavy (non-hydrogen) atoms. The van der Waals surface area contributed by atoms with Gasteiger partial charge >= 0.3 is 0 Å². The molecule has 5 rings (SSSR count). The molecule has 3 aromatic rings. The number of anilines is 1. The number of aromatic nitrogens is 4. The van der Waals surface area contributed by atoms with Gasteiger partial charge in [0, 0.05) is 43.2 Å². The first-order valence-corrected chi connectivity index (χ1v) is 11.4. The van der Waals surface area contributed by atoms with E-state index < -0.39 is 11.4 Å². The maximum absolute atomic E-state index is 15.0. The van der Waals surface area contributed by atoms with E-state index in [9.17, 15) is 9.50 Å². The highest BCUT2D eigenvalue weighted by molar-refractivity contribution is 5.90. The van der Waals surface area contributed by atoms with Crippen molar-refractivity contribution in [2.45, 2.75) is 56.3 Å². The Balaban J connectivity index is 1.48. The Morgan fingerprint density at radius 3 is 2.61 bits per heavy atom. The molecule has 0 bridgehead atoms. The first-order chi connectivity index (χ1) is 15.8. The number of piperidine rings is 1. The van der Waals surface area contributed by atoms with Crippen LogP contribution in [0.1, 0.15) is 55.6 Å². The number of ether oxygens (including phenoxy) is 1. The minimum atomic E-state index is -1.42. The van der Waals surface area contributed by atoms with Crippen LogP contribution in [0, 0.1) is 0 Å². The highest BCUT2D eigenvalue weighted by Crippen LogP contribution is 2.49. The molecule has 1 aliphatic carbocycles. The number of hydrogen-bond acceptors (Lipinski definition) is 8. The van der Waals surface area contributed by atoms with Gasteiger partial charge in [-0.3, -0.25) is 4.98 Å². The van der Waals surface area contributed by atoms with Crippen molar-refractivity contribution in [2.24, 2.45) is 5.73 Å². The molecule has 3 heterocycles. The fraction of sp³-hybridized carbons (Fsp3) is 0.500. The van der Waals surface area contributed by atoms with Gasteiger partial charge in [-0.2, -0.15) is 0 Å². The molecule has 1 saturated heterocycles. The lowest BCUT2D eigenvalue weighted by molar-refractivity contribution is 0.0677. The summed E-state index contributed by atoms with van der Waals surface area (Å²) in [6.07, 6.45) is 6.25. The Morgan fingerprint density at radius 2 is 1.94 bits per heavy atom. The van der Waals surface area contributed by atoms with Crippen molar-refractivity contribution in [3.63, 3.8) is 0 Å². The predicted octanol–water partition coefficient (Wildman–Crippen LogP) is 2.98. The van der Waals surface area contributed by atoms with Gasteiger partial charge in [-0.15, -0.1) is 0 Å². The molecule has 1 unspecified atom stereocenters. The number of fused-ring (bicyclic) bond motifs is 1.